The Balaban J connectivity index is 2.15. The van der Waals surface area contributed by atoms with E-state index in [4.69, 9.17) is 4.74 Å². The number of amidine groups is 1. The number of nitrogens with zero attached hydrogens (tertiary/aromatic N) is 1. The standard InChI is InChI=1S/C23H34BrN5O5/c1-13(2)18(29-22(32)33-6)20(30)28-17(12-26-21(31)34-23(3,4)5)19-25-11-16(27-19)14-7-9-15(24)10-8-14/h7-10,13,16-18H,11-12H2,1-6H3,(H,25,27)(H,26,31)(H,28,30)(H,29,32)/t16?,17-,18-/m0/s1. The van der Waals surface area contributed by atoms with Crippen molar-refractivity contribution in [2.24, 2.45) is 10.9 Å². The van der Waals surface area contributed by atoms with Crippen LogP contribution in [0.1, 0.15) is 46.2 Å². The molecule has 0 fully saturated rings. The summed E-state index contributed by atoms with van der Waals surface area (Å²) < 4.78 is 10.9. The first kappa shape index (κ1) is 27.4. The molecule has 1 aliphatic rings. The van der Waals surface area contributed by atoms with Crippen LogP contribution in [0.3, 0.4) is 0 Å². The van der Waals surface area contributed by atoms with Crippen LogP contribution >= 0.6 is 15.9 Å². The lowest BCUT2D eigenvalue weighted by Gasteiger charge is -2.27. The molecule has 188 valence electrons. The predicted molar refractivity (Wildman–Crippen MR) is 133 cm³/mol. The monoisotopic (exact) mass is 539 g/mol. The van der Waals surface area contributed by atoms with Gasteiger partial charge in [-0.2, -0.15) is 0 Å². The van der Waals surface area contributed by atoms with Gasteiger partial charge >= 0.3 is 12.2 Å². The Morgan fingerprint density at radius 1 is 1.15 bits per heavy atom. The first-order valence-corrected chi connectivity index (χ1v) is 11.9. The minimum Gasteiger partial charge on any atom is -0.453 e. The van der Waals surface area contributed by atoms with Crippen molar-refractivity contribution in [1.29, 1.82) is 0 Å². The summed E-state index contributed by atoms with van der Waals surface area (Å²) in [5.74, 6) is -0.0987. The van der Waals surface area contributed by atoms with Crippen molar-refractivity contribution < 1.29 is 23.9 Å². The van der Waals surface area contributed by atoms with E-state index in [-0.39, 0.29) is 18.5 Å². The van der Waals surface area contributed by atoms with E-state index in [9.17, 15) is 14.4 Å². The number of benzene rings is 1. The maximum atomic E-state index is 13.1. The highest BCUT2D eigenvalue weighted by molar-refractivity contribution is 9.10. The zero-order valence-corrected chi connectivity index (χ0v) is 22.0. The molecule has 1 aromatic rings. The lowest BCUT2D eigenvalue weighted by molar-refractivity contribution is -0.124. The fourth-order valence-electron chi connectivity index (χ4n) is 3.25. The number of aliphatic imine (C=N–C) groups is 1. The van der Waals surface area contributed by atoms with Gasteiger partial charge in [0.05, 0.1) is 19.7 Å². The number of carbonyl (C=O) groups excluding carboxylic acids is 3. The largest absolute Gasteiger partial charge is 0.453 e. The second-order valence-electron chi connectivity index (χ2n) is 9.28. The second-order valence-corrected chi connectivity index (χ2v) is 10.2. The van der Waals surface area contributed by atoms with E-state index in [2.05, 4.69) is 46.9 Å². The number of carbonyl (C=O) groups is 3. The van der Waals surface area contributed by atoms with Crippen LogP contribution in [0.25, 0.3) is 0 Å². The number of halogens is 1. The summed E-state index contributed by atoms with van der Waals surface area (Å²) in [5.41, 5.74) is 0.380. The van der Waals surface area contributed by atoms with Gasteiger partial charge in [0, 0.05) is 11.0 Å². The van der Waals surface area contributed by atoms with Gasteiger partial charge < -0.3 is 30.7 Å². The summed E-state index contributed by atoms with van der Waals surface area (Å²) in [5, 5.41) is 11.5. The number of ether oxygens (including phenoxy) is 2. The summed E-state index contributed by atoms with van der Waals surface area (Å²) in [4.78, 5) is 41.6. The van der Waals surface area contributed by atoms with Gasteiger partial charge in [0.2, 0.25) is 5.91 Å². The van der Waals surface area contributed by atoms with Crippen LogP contribution < -0.4 is 21.3 Å². The van der Waals surface area contributed by atoms with Crippen molar-refractivity contribution in [3.05, 3.63) is 34.3 Å². The molecule has 0 bridgehead atoms. The molecule has 0 saturated carbocycles. The summed E-state index contributed by atoms with van der Waals surface area (Å²) >= 11 is 3.43. The van der Waals surface area contributed by atoms with Crippen molar-refractivity contribution in [2.45, 2.75) is 58.3 Å². The van der Waals surface area contributed by atoms with E-state index in [0.717, 1.165) is 10.0 Å². The van der Waals surface area contributed by atoms with Gasteiger partial charge in [0.1, 0.15) is 23.5 Å². The highest BCUT2D eigenvalue weighted by Crippen LogP contribution is 2.20. The minimum absolute atomic E-state index is 0.0442. The third-order valence-electron chi connectivity index (χ3n) is 4.94. The topological polar surface area (TPSA) is 130 Å². The van der Waals surface area contributed by atoms with Crippen LogP contribution in [0.4, 0.5) is 9.59 Å². The molecule has 0 aliphatic carbocycles. The molecule has 0 spiro atoms. The van der Waals surface area contributed by atoms with Crippen LogP contribution in [0.5, 0.6) is 0 Å². The number of nitrogens with one attached hydrogen (secondary N) is 4. The van der Waals surface area contributed by atoms with Gasteiger partial charge in [-0.15, -0.1) is 0 Å². The van der Waals surface area contributed by atoms with Gasteiger partial charge in [-0.25, -0.2) is 9.59 Å². The molecule has 0 aromatic heterocycles. The average molecular weight is 540 g/mol. The molecule has 4 N–H and O–H groups in total. The smallest absolute Gasteiger partial charge is 0.407 e. The zero-order chi connectivity index (χ0) is 25.5. The first-order valence-electron chi connectivity index (χ1n) is 11.1. The van der Waals surface area contributed by atoms with Crippen molar-refractivity contribution >= 4 is 39.9 Å². The normalized spacial score (nSPS) is 17.2. The number of amides is 3. The van der Waals surface area contributed by atoms with E-state index in [1.807, 2.05) is 38.1 Å². The molecule has 1 unspecified atom stereocenters. The Bertz CT molecular complexity index is 898. The van der Waals surface area contributed by atoms with Crippen LogP contribution in [0.15, 0.2) is 33.7 Å². The number of hydrogen-bond donors (Lipinski definition) is 4. The molecule has 1 heterocycles. The van der Waals surface area contributed by atoms with Crippen LogP contribution in [-0.2, 0) is 14.3 Å². The third kappa shape index (κ3) is 8.51. The molecule has 0 radical (unpaired) electrons. The van der Waals surface area contributed by atoms with Crippen molar-refractivity contribution in [1.82, 2.24) is 21.3 Å². The van der Waals surface area contributed by atoms with Crippen LogP contribution in [0, 0.1) is 5.92 Å². The van der Waals surface area contributed by atoms with E-state index in [1.54, 1.807) is 20.8 Å². The molecule has 3 amide bonds. The summed E-state index contributed by atoms with van der Waals surface area (Å²) in [7, 11) is 1.23. The first-order chi connectivity index (χ1) is 15.9. The number of hydrogen-bond acceptors (Lipinski definition) is 7. The number of rotatable bonds is 8. The number of alkyl carbamates (subject to hydrolysis) is 2. The Morgan fingerprint density at radius 3 is 2.35 bits per heavy atom. The second kappa shape index (κ2) is 12.0. The molecular formula is C23H34BrN5O5. The fourth-order valence-corrected chi connectivity index (χ4v) is 3.52. The molecule has 3 atom stereocenters. The van der Waals surface area contributed by atoms with Gasteiger partial charge in [0.15, 0.2) is 0 Å². The maximum Gasteiger partial charge on any atom is 0.407 e. The Kier molecular flexibility index (Phi) is 9.72. The fraction of sp³-hybridized carbons (Fsp3) is 0.565. The van der Waals surface area contributed by atoms with Crippen molar-refractivity contribution in [2.75, 3.05) is 20.2 Å². The SMILES string of the molecule is COC(=O)N[C@H](C(=O)N[C@@H](CNC(=O)OC(C)(C)C)C1=NCC(c2ccc(Br)cc2)N1)C(C)C. The quantitative estimate of drug-likeness (QED) is 0.401. The zero-order valence-electron chi connectivity index (χ0n) is 20.4. The highest BCUT2D eigenvalue weighted by atomic mass is 79.9. The summed E-state index contributed by atoms with van der Waals surface area (Å²) in [6.45, 7) is 9.44. The van der Waals surface area contributed by atoms with E-state index >= 15 is 0 Å². The maximum absolute atomic E-state index is 13.1. The van der Waals surface area contributed by atoms with Crippen LogP contribution in [-0.4, -0.2) is 61.8 Å². The van der Waals surface area contributed by atoms with E-state index in [0.29, 0.717) is 12.4 Å². The van der Waals surface area contributed by atoms with Crippen molar-refractivity contribution in [3.63, 3.8) is 0 Å². The van der Waals surface area contributed by atoms with Gasteiger partial charge in [-0.1, -0.05) is 41.9 Å². The summed E-state index contributed by atoms with van der Waals surface area (Å²) in [6, 6.07) is 6.30. The average Bonchev–Trinajstić information content (AvgIpc) is 3.23. The lowest BCUT2D eigenvalue weighted by Crippen LogP contribution is -2.58. The van der Waals surface area contributed by atoms with E-state index < -0.39 is 35.8 Å². The van der Waals surface area contributed by atoms with Gasteiger partial charge in [-0.3, -0.25) is 9.79 Å². The number of methoxy groups -OCH3 is 1. The Hall–Kier alpha value is -2.82. The van der Waals surface area contributed by atoms with E-state index in [1.165, 1.54) is 7.11 Å². The van der Waals surface area contributed by atoms with Crippen molar-refractivity contribution in [3.8, 4) is 0 Å². The lowest BCUT2D eigenvalue weighted by atomic mass is 10.0. The minimum atomic E-state index is -0.833. The third-order valence-corrected chi connectivity index (χ3v) is 5.47. The predicted octanol–water partition coefficient (Wildman–Crippen LogP) is 2.88. The molecule has 1 aromatic carbocycles. The van der Waals surface area contributed by atoms with Crippen LogP contribution in [0.2, 0.25) is 0 Å². The molecular weight excluding hydrogens is 506 g/mol. The Labute approximate surface area is 208 Å². The highest BCUT2D eigenvalue weighted by Gasteiger charge is 2.31. The van der Waals surface area contributed by atoms with Gasteiger partial charge in [-0.05, 0) is 44.4 Å². The molecule has 2 rings (SSSR count). The molecule has 34 heavy (non-hydrogen) atoms. The molecule has 1 aliphatic heterocycles. The molecule has 10 nitrogen and oxygen atoms in total. The van der Waals surface area contributed by atoms with Gasteiger partial charge in [0.25, 0.3) is 0 Å². The summed E-state index contributed by atoms with van der Waals surface area (Å²) in [6.07, 6.45) is -1.31. The molecule has 0 saturated heterocycles. The Morgan fingerprint density at radius 2 is 1.79 bits per heavy atom. The molecule has 11 heteroatoms.